The monoisotopic (exact) mass is 450 g/mol. The number of aromatic nitrogens is 1. The van der Waals surface area contributed by atoms with Crippen molar-refractivity contribution in [2.24, 2.45) is 0 Å². The molecule has 0 spiro atoms. The molecule has 0 N–H and O–H groups in total. The van der Waals surface area contributed by atoms with Crippen LogP contribution in [0.4, 0.5) is 0 Å². The van der Waals surface area contributed by atoms with Crippen LogP contribution in [0.15, 0.2) is 84.0 Å². The molecule has 0 aliphatic rings. The van der Waals surface area contributed by atoms with Crippen molar-refractivity contribution >= 4 is 21.9 Å². The van der Waals surface area contributed by atoms with E-state index in [1.807, 2.05) is 36.4 Å². The molecule has 0 saturated carbocycles. The molecule has 7 heteroatoms. The van der Waals surface area contributed by atoms with Gasteiger partial charge in [-0.1, -0.05) is 32.1 Å². The Hall–Kier alpha value is -3.29. The molecule has 3 rings (SSSR count). The third-order valence-electron chi connectivity index (χ3n) is 4.94. The molecule has 6 nitrogen and oxygen atoms in total. The predicted molar refractivity (Wildman–Crippen MR) is 125 cm³/mol. The molecule has 0 amide bonds. The number of ketones is 1. The van der Waals surface area contributed by atoms with E-state index in [9.17, 15) is 13.2 Å². The lowest BCUT2D eigenvalue weighted by Gasteiger charge is -2.18. The van der Waals surface area contributed by atoms with Gasteiger partial charge in [-0.3, -0.25) is 9.78 Å². The number of hydrogen-bond donors (Lipinski definition) is 0. The quantitative estimate of drug-likeness (QED) is 0.334. The van der Waals surface area contributed by atoms with Crippen LogP contribution in [0, 0.1) is 0 Å². The Balaban J connectivity index is 1.61. The molecule has 0 fully saturated rings. The molecule has 0 atom stereocenters. The maximum atomic E-state index is 12.6. The number of allylic oxidation sites excluding steroid dienone is 1. The average Bonchev–Trinajstić information content (AvgIpc) is 2.83. The lowest BCUT2D eigenvalue weighted by atomic mass is 10.1. The number of hydrogen-bond acceptors (Lipinski definition) is 5. The molecular formula is C25H26N2O4S. The first-order valence-electron chi connectivity index (χ1n) is 10.4. The summed E-state index contributed by atoms with van der Waals surface area (Å²) in [5, 5.41) is 0. The normalized spacial score (nSPS) is 11.7. The van der Waals surface area contributed by atoms with Gasteiger partial charge in [-0.15, -0.1) is 0 Å². The van der Waals surface area contributed by atoms with E-state index < -0.39 is 10.0 Å². The van der Waals surface area contributed by atoms with Gasteiger partial charge in [0, 0.05) is 31.0 Å². The highest BCUT2D eigenvalue weighted by atomic mass is 32.2. The van der Waals surface area contributed by atoms with Crippen LogP contribution in [-0.2, 0) is 16.6 Å². The van der Waals surface area contributed by atoms with Crippen LogP contribution in [0.25, 0.3) is 6.08 Å². The van der Waals surface area contributed by atoms with Gasteiger partial charge in [-0.05, 0) is 65.7 Å². The standard InChI is InChI=1S/C25H26N2O4S/c1-3-27(4-2)32(29,30)24-12-8-22(9-13-24)25(28)14-7-20-5-10-23(11-6-20)31-19-21-15-17-26-18-16-21/h5-18H,3-4,19H2,1-2H3/b14-7+. The van der Waals surface area contributed by atoms with Crippen LogP contribution in [0.1, 0.15) is 35.3 Å². The summed E-state index contributed by atoms with van der Waals surface area (Å²) < 4.78 is 32.2. The number of carbonyl (C=O) groups excluding carboxylic acids is 1. The van der Waals surface area contributed by atoms with Gasteiger partial charge in [0.2, 0.25) is 10.0 Å². The molecule has 0 bridgehead atoms. The number of carbonyl (C=O) groups is 1. The minimum absolute atomic E-state index is 0.184. The van der Waals surface area contributed by atoms with Crippen molar-refractivity contribution in [1.29, 1.82) is 0 Å². The number of benzene rings is 2. The second-order valence-corrected chi connectivity index (χ2v) is 8.96. The number of nitrogens with zero attached hydrogens (tertiary/aromatic N) is 2. The fourth-order valence-corrected chi connectivity index (χ4v) is 4.55. The summed E-state index contributed by atoms with van der Waals surface area (Å²) >= 11 is 0. The lowest BCUT2D eigenvalue weighted by molar-refractivity contribution is 0.104. The van der Waals surface area contributed by atoms with Gasteiger partial charge < -0.3 is 4.74 Å². The van der Waals surface area contributed by atoms with Gasteiger partial charge in [0.1, 0.15) is 12.4 Å². The molecule has 1 heterocycles. The van der Waals surface area contributed by atoms with Crippen LogP contribution in [0.2, 0.25) is 0 Å². The molecule has 2 aromatic carbocycles. The summed E-state index contributed by atoms with van der Waals surface area (Å²) in [5.74, 6) is 0.532. The smallest absolute Gasteiger partial charge is 0.243 e. The van der Waals surface area contributed by atoms with Gasteiger partial charge in [-0.2, -0.15) is 4.31 Å². The summed E-state index contributed by atoms with van der Waals surface area (Å²) in [7, 11) is -3.54. The zero-order chi connectivity index (χ0) is 23.0. The van der Waals surface area contributed by atoms with Crippen LogP contribution in [0.5, 0.6) is 5.75 Å². The van der Waals surface area contributed by atoms with Gasteiger partial charge in [0.15, 0.2) is 5.78 Å². The van der Waals surface area contributed by atoms with Gasteiger partial charge >= 0.3 is 0 Å². The van der Waals surface area contributed by atoms with Crippen LogP contribution in [-0.4, -0.2) is 36.6 Å². The third kappa shape index (κ3) is 5.90. The van der Waals surface area contributed by atoms with Crippen molar-refractivity contribution < 1.29 is 17.9 Å². The first-order chi connectivity index (χ1) is 15.4. The van der Waals surface area contributed by atoms with Gasteiger partial charge in [0.05, 0.1) is 4.90 Å². The van der Waals surface area contributed by atoms with Crippen molar-refractivity contribution in [2.45, 2.75) is 25.3 Å². The van der Waals surface area contributed by atoms with E-state index in [-0.39, 0.29) is 10.7 Å². The van der Waals surface area contributed by atoms with Gasteiger partial charge in [0.25, 0.3) is 0 Å². The zero-order valence-corrected chi connectivity index (χ0v) is 19.0. The van der Waals surface area contributed by atoms with E-state index >= 15 is 0 Å². The molecule has 166 valence electrons. The minimum atomic E-state index is -3.54. The molecule has 1 aromatic heterocycles. The Kier molecular flexibility index (Phi) is 7.92. The fraction of sp³-hybridized carbons (Fsp3) is 0.200. The van der Waals surface area contributed by atoms with Crippen LogP contribution >= 0.6 is 0 Å². The van der Waals surface area contributed by atoms with Crippen molar-refractivity contribution in [3.63, 3.8) is 0 Å². The van der Waals surface area contributed by atoms with E-state index in [2.05, 4.69) is 4.98 Å². The minimum Gasteiger partial charge on any atom is -0.489 e. The Morgan fingerprint density at radius 3 is 2.16 bits per heavy atom. The summed E-state index contributed by atoms with van der Waals surface area (Å²) in [6.45, 7) is 4.84. The van der Waals surface area contributed by atoms with E-state index in [1.54, 1.807) is 44.4 Å². The second-order valence-electron chi connectivity index (χ2n) is 7.02. The van der Waals surface area contributed by atoms with E-state index in [0.29, 0.717) is 25.3 Å². The summed E-state index contributed by atoms with van der Waals surface area (Å²) in [4.78, 5) is 16.6. The highest BCUT2D eigenvalue weighted by Crippen LogP contribution is 2.18. The van der Waals surface area contributed by atoms with E-state index in [4.69, 9.17) is 4.74 Å². The Morgan fingerprint density at radius 1 is 0.938 bits per heavy atom. The Labute approximate surface area is 189 Å². The molecule has 0 unspecified atom stereocenters. The molecule has 32 heavy (non-hydrogen) atoms. The second kappa shape index (κ2) is 10.8. The maximum Gasteiger partial charge on any atom is 0.243 e. The number of ether oxygens (including phenoxy) is 1. The number of sulfonamides is 1. The molecule has 3 aromatic rings. The fourth-order valence-electron chi connectivity index (χ4n) is 3.09. The van der Waals surface area contributed by atoms with Crippen molar-refractivity contribution in [2.75, 3.05) is 13.1 Å². The number of rotatable bonds is 10. The third-order valence-corrected chi connectivity index (χ3v) is 7.01. The molecule has 0 radical (unpaired) electrons. The Bertz CT molecular complexity index is 1150. The van der Waals surface area contributed by atoms with Crippen molar-refractivity contribution in [3.05, 3.63) is 95.8 Å². The number of pyridine rings is 1. The van der Waals surface area contributed by atoms with Crippen molar-refractivity contribution in [3.8, 4) is 5.75 Å². The molecule has 0 aliphatic heterocycles. The van der Waals surface area contributed by atoms with Gasteiger partial charge in [-0.25, -0.2) is 8.42 Å². The molecule has 0 saturated heterocycles. The Morgan fingerprint density at radius 2 is 1.56 bits per heavy atom. The van der Waals surface area contributed by atoms with Crippen LogP contribution < -0.4 is 4.74 Å². The topological polar surface area (TPSA) is 76.6 Å². The SMILES string of the molecule is CCN(CC)S(=O)(=O)c1ccc(C(=O)/C=C/c2ccc(OCc3ccncc3)cc2)cc1. The summed E-state index contributed by atoms with van der Waals surface area (Å²) in [6.07, 6.45) is 6.64. The molecule has 0 aliphatic carbocycles. The zero-order valence-electron chi connectivity index (χ0n) is 18.1. The summed E-state index contributed by atoms with van der Waals surface area (Å²) in [6, 6.07) is 17.3. The largest absolute Gasteiger partial charge is 0.489 e. The first kappa shape index (κ1) is 23.4. The predicted octanol–water partition coefficient (Wildman–Crippen LogP) is 4.59. The van der Waals surface area contributed by atoms with E-state index in [0.717, 1.165) is 16.9 Å². The highest BCUT2D eigenvalue weighted by molar-refractivity contribution is 7.89. The first-order valence-corrected chi connectivity index (χ1v) is 11.8. The van der Waals surface area contributed by atoms with E-state index in [1.165, 1.54) is 22.5 Å². The summed E-state index contributed by atoms with van der Waals surface area (Å²) in [5.41, 5.74) is 2.32. The average molecular weight is 451 g/mol. The molecular weight excluding hydrogens is 424 g/mol. The van der Waals surface area contributed by atoms with Crippen molar-refractivity contribution in [1.82, 2.24) is 9.29 Å². The maximum absolute atomic E-state index is 12.6. The van der Waals surface area contributed by atoms with Crippen LogP contribution in [0.3, 0.4) is 0 Å². The lowest BCUT2D eigenvalue weighted by Crippen LogP contribution is -2.30. The highest BCUT2D eigenvalue weighted by Gasteiger charge is 2.21.